The number of imidazole rings is 1. The Kier molecular flexibility index (Phi) is 2.07. The molecule has 0 aliphatic rings. The van der Waals surface area contributed by atoms with Gasteiger partial charge in [0.25, 0.3) is 0 Å². The van der Waals surface area contributed by atoms with Crippen molar-refractivity contribution >= 4 is 11.6 Å². The number of aromatic amines is 1. The Balaban J connectivity index is 2.52. The van der Waals surface area contributed by atoms with Gasteiger partial charge in [-0.1, -0.05) is 24.3 Å². The molecule has 0 bridgehead atoms. The fraction of sp³-hybridized carbons (Fsp3) is 0.100. The van der Waals surface area contributed by atoms with E-state index >= 15 is 0 Å². The van der Waals surface area contributed by atoms with Crippen LogP contribution in [0.2, 0.25) is 5.28 Å². The molecule has 2 rings (SSSR count). The zero-order valence-corrected chi connectivity index (χ0v) is 7.97. The van der Waals surface area contributed by atoms with Crippen molar-refractivity contribution in [3.05, 3.63) is 41.3 Å². The molecule has 2 nitrogen and oxygen atoms in total. The molecular weight excluding hydrogens is 184 g/mol. The zero-order chi connectivity index (χ0) is 9.26. The van der Waals surface area contributed by atoms with E-state index in [4.69, 9.17) is 11.6 Å². The molecule has 0 saturated carbocycles. The number of hydrogen-bond acceptors (Lipinski definition) is 1. The second-order valence-electron chi connectivity index (χ2n) is 2.90. The molecule has 1 N–H and O–H groups in total. The number of hydrogen-bond donors (Lipinski definition) is 1. The van der Waals surface area contributed by atoms with Gasteiger partial charge < -0.3 is 4.98 Å². The molecule has 0 radical (unpaired) electrons. The first-order valence-electron chi connectivity index (χ1n) is 4.04. The zero-order valence-electron chi connectivity index (χ0n) is 7.21. The van der Waals surface area contributed by atoms with Crippen LogP contribution >= 0.6 is 11.6 Å². The lowest BCUT2D eigenvalue weighted by molar-refractivity contribution is 1.31. The highest BCUT2D eigenvalue weighted by molar-refractivity contribution is 6.28. The van der Waals surface area contributed by atoms with Gasteiger partial charge in [0.2, 0.25) is 0 Å². The summed E-state index contributed by atoms with van der Waals surface area (Å²) >= 11 is 5.70. The van der Waals surface area contributed by atoms with Gasteiger partial charge in [-0.25, -0.2) is 4.98 Å². The number of aryl methyl sites for hydroxylation is 1. The molecule has 2 aromatic rings. The fourth-order valence-corrected chi connectivity index (χ4v) is 1.46. The number of H-pyrrole nitrogens is 1. The van der Waals surface area contributed by atoms with Crippen LogP contribution in [0, 0.1) is 6.92 Å². The highest BCUT2D eigenvalue weighted by Gasteiger charge is 2.02. The van der Waals surface area contributed by atoms with Crippen molar-refractivity contribution in [3.63, 3.8) is 0 Å². The minimum Gasteiger partial charge on any atom is -0.329 e. The van der Waals surface area contributed by atoms with Crippen LogP contribution in [-0.4, -0.2) is 9.97 Å². The highest BCUT2D eigenvalue weighted by atomic mass is 35.5. The van der Waals surface area contributed by atoms with Gasteiger partial charge in [-0.2, -0.15) is 0 Å². The molecule has 0 amide bonds. The van der Waals surface area contributed by atoms with E-state index in [9.17, 15) is 0 Å². The molecule has 1 aromatic heterocycles. The van der Waals surface area contributed by atoms with E-state index in [0.717, 1.165) is 11.3 Å². The van der Waals surface area contributed by atoms with Crippen LogP contribution < -0.4 is 0 Å². The Bertz CT molecular complexity index is 420. The number of nitrogens with one attached hydrogen (secondary N) is 1. The predicted molar refractivity (Wildman–Crippen MR) is 53.8 cm³/mol. The number of rotatable bonds is 1. The molecule has 1 aromatic carbocycles. The lowest BCUT2D eigenvalue weighted by Gasteiger charge is -2.00. The lowest BCUT2D eigenvalue weighted by Crippen LogP contribution is -1.81. The highest BCUT2D eigenvalue weighted by Crippen LogP contribution is 2.21. The first kappa shape index (κ1) is 8.32. The van der Waals surface area contributed by atoms with Gasteiger partial charge in [-0.15, -0.1) is 0 Å². The van der Waals surface area contributed by atoms with Crippen LogP contribution in [0.4, 0.5) is 0 Å². The van der Waals surface area contributed by atoms with Crippen molar-refractivity contribution in [2.24, 2.45) is 0 Å². The molecule has 0 aliphatic heterocycles. The lowest BCUT2D eigenvalue weighted by atomic mass is 10.1. The summed E-state index contributed by atoms with van der Waals surface area (Å²) in [7, 11) is 0. The summed E-state index contributed by atoms with van der Waals surface area (Å²) in [6.45, 7) is 2.06. The summed E-state index contributed by atoms with van der Waals surface area (Å²) in [5.74, 6) is 0. The summed E-state index contributed by atoms with van der Waals surface area (Å²) < 4.78 is 0. The van der Waals surface area contributed by atoms with E-state index in [-0.39, 0.29) is 0 Å². The van der Waals surface area contributed by atoms with E-state index in [1.54, 1.807) is 6.20 Å². The van der Waals surface area contributed by atoms with Crippen molar-refractivity contribution in [1.29, 1.82) is 0 Å². The molecule has 0 atom stereocenters. The molecule has 66 valence electrons. The number of nitrogens with zero attached hydrogens (tertiary/aromatic N) is 1. The van der Waals surface area contributed by atoms with Gasteiger partial charge in [0, 0.05) is 5.56 Å². The van der Waals surface area contributed by atoms with Crippen LogP contribution in [0.3, 0.4) is 0 Å². The second kappa shape index (κ2) is 3.23. The van der Waals surface area contributed by atoms with Gasteiger partial charge in [-0.3, -0.25) is 0 Å². The van der Waals surface area contributed by atoms with E-state index in [1.807, 2.05) is 18.2 Å². The number of halogens is 1. The maximum atomic E-state index is 5.70. The number of benzene rings is 1. The smallest absolute Gasteiger partial charge is 0.200 e. The van der Waals surface area contributed by atoms with Gasteiger partial charge in [0.05, 0.1) is 11.9 Å². The van der Waals surface area contributed by atoms with Crippen molar-refractivity contribution < 1.29 is 0 Å². The standard InChI is InChI=1S/C10H9ClN2/c1-7-4-2-3-5-8(7)9-6-12-10(11)13-9/h2-6H,1H3,(H,12,13). The Morgan fingerprint density at radius 3 is 2.69 bits per heavy atom. The molecule has 3 heteroatoms. The van der Waals surface area contributed by atoms with Crippen molar-refractivity contribution in [2.75, 3.05) is 0 Å². The van der Waals surface area contributed by atoms with Crippen molar-refractivity contribution in [2.45, 2.75) is 6.92 Å². The molecular formula is C10H9ClN2. The van der Waals surface area contributed by atoms with Crippen LogP contribution in [-0.2, 0) is 0 Å². The van der Waals surface area contributed by atoms with Gasteiger partial charge in [-0.05, 0) is 24.1 Å². The first-order chi connectivity index (χ1) is 6.27. The van der Waals surface area contributed by atoms with E-state index in [0.29, 0.717) is 5.28 Å². The number of aromatic nitrogens is 2. The second-order valence-corrected chi connectivity index (χ2v) is 3.26. The summed E-state index contributed by atoms with van der Waals surface area (Å²) in [5, 5.41) is 0.429. The first-order valence-corrected chi connectivity index (χ1v) is 4.41. The van der Waals surface area contributed by atoms with Crippen LogP contribution in [0.5, 0.6) is 0 Å². The van der Waals surface area contributed by atoms with Gasteiger partial charge in [0.1, 0.15) is 0 Å². The van der Waals surface area contributed by atoms with Crippen LogP contribution in [0.1, 0.15) is 5.56 Å². The third-order valence-electron chi connectivity index (χ3n) is 1.98. The molecule has 1 heterocycles. The fourth-order valence-electron chi connectivity index (χ4n) is 1.31. The maximum Gasteiger partial charge on any atom is 0.200 e. The Hall–Kier alpha value is -1.28. The average molecular weight is 193 g/mol. The predicted octanol–water partition coefficient (Wildman–Crippen LogP) is 3.04. The van der Waals surface area contributed by atoms with E-state index in [2.05, 4.69) is 23.0 Å². The Morgan fingerprint density at radius 2 is 2.08 bits per heavy atom. The molecule has 0 unspecified atom stereocenters. The van der Waals surface area contributed by atoms with Gasteiger partial charge >= 0.3 is 0 Å². The van der Waals surface area contributed by atoms with Crippen molar-refractivity contribution in [1.82, 2.24) is 9.97 Å². The third kappa shape index (κ3) is 1.58. The van der Waals surface area contributed by atoms with Crippen LogP contribution in [0.15, 0.2) is 30.5 Å². The Morgan fingerprint density at radius 1 is 1.31 bits per heavy atom. The third-order valence-corrected chi connectivity index (χ3v) is 2.17. The topological polar surface area (TPSA) is 28.7 Å². The molecule has 0 fully saturated rings. The van der Waals surface area contributed by atoms with Gasteiger partial charge in [0.15, 0.2) is 5.28 Å². The van der Waals surface area contributed by atoms with Crippen LogP contribution in [0.25, 0.3) is 11.3 Å². The summed E-state index contributed by atoms with van der Waals surface area (Å²) in [6.07, 6.45) is 1.74. The summed E-state index contributed by atoms with van der Waals surface area (Å²) in [6, 6.07) is 8.11. The minimum absolute atomic E-state index is 0.429. The minimum atomic E-state index is 0.429. The molecule has 13 heavy (non-hydrogen) atoms. The average Bonchev–Trinajstić information content (AvgIpc) is 2.53. The molecule has 0 saturated heterocycles. The normalized spacial score (nSPS) is 10.3. The summed E-state index contributed by atoms with van der Waals surface area (Å²) in [4.78, 5) is 6.93. The Labute approximate surface area is 81.6 Å². The quantitative estimate of drug-likeness (QED) is 0.739. The van der Waals surface area contributed by atoms with Crippen molar-refractivity contribution in [3.8, 4) is 11.3 Å². The largest absolute Gasteiger partial charge is 0.329 e. The maximum absolute atomic E-state index is 5.70. The van der Waals surface area contributed by atoms with E-state index in [1.165, 1.54) is 5.56 Å². The SMILES string of the molecule is Cc1ccccc1-c1cnc(Cl)[nH]1. The molecule has 0 spiro atoms. The monoisotopic (exact) mass is 192 g/mol. The van der Waals surface area contributed by atoms with E-state index < -0.39 is 0 Å². The molecule has 0 aliphatic carbocycles. The summed E-state index contributed by atoms with van der Waals surface area (Å²) in [5.41, 5.74) is 3.31.